The quantitative estimate of drug-likeness (QED) is 0.583. The second-order valence-corrected chi connectivity index (χ2v) is 9.52. The lowest BCUT2D eigenvalue weighted by Gasteiger charge is -2.35. The third kappa shape index (κ3) is 8.09. The molecule has 6 nitrogen and oxygen atoms in total. The highest BCUT2D eigenvalue weighted by Gasteiger charge is 2.29. The Kier molecular flexibility index (Phi) is 10.1. The van der Waals surface area contributed by atoms with E-state index >= 15 is 0 Å². The molecule has 3 rings (SSSR count). The maximum Gasteiger partial charge on any atom is 0.318 e. The summed E-state index contributed by atoms with van der Waals surface area (Å²) in [4.78, 5) is 32.7. The van der Waals surface area contributed by atoms with Crippen molar-refractivity contribution < 1.29 is 9.59 Å². The van der Waals surface area contributed by atoms with E-state index < -0.39 is 6.04 Å². The number of piperazine rings is 1. The van der Waals surface area contributed by atoms with Gasteiger partial charge < -0.3 is 20.0 Å². The van der Waals surface area contributed by atoms with E-state index in [4.69, 9.17) is 0 Å². The van der Waals surface area contributed by atoms with Crippen molar-refractivity contribution in [1.82, 2.24) is 20.0 Å². The van der Waals surface area contributed by atoms with Gasteiger partial charge in [0.25, 0.3) is 0 Å². The maximum absolute atomic E-state index is 13.4. The molecular formula is C26H36N4O2S. The van der Waals surface area contributed by atoms with Gasteiger partial charge in [-0.25, -0.2) is 4.79 Å². The number of nitrogens with zero attached hydrogens (tertiary/aromatic N) is 3. The lowest BCUT2D eigenvalue weighted by molar-refractivity contribution is -0.134. The lowest BCUT2D eigenvalue weighted by atomic mass is 10.0. The van der Waals surface area contributed by atoms with Crippen LogP contribution in [-0.2, 0) is 17.6 Å². The van der Waals surface area contributed by atoms with Crippen molar-refractivity contribution in [2.75, 3.05) is 58.3 Å². The van der Waals surface area contributed by atoms with Crippen LogP contribution in [-0.4, -0.2) is 91.0 Å². The van der Waals surface area contributed by atoms with Crippen molar-refractivity contribution in [1.29, 1.82) is 0 Å². The Balaban J connectivity index is 1.70. The van der Waals surface area contributed by atoms with E-state index in [1.165, 1.54) is 5.56 Å². The highest BCUT2D eigenvalue weighted by Crippen LogP contribution is 2.10. The van der Waals surface area contributed by atoms with E-state index in [9.17, 15) is 9.59 Å². The number of amides is 3. The summed E-state index contributed by atoms with van der Waals surface area (Å²) in [6.45, 7) is 4.38. The van der Waals surface area contributed by atoms with Crippen LogP contribution >= 0.6 is 11.8 Å². The molecule has 0 bridgehead atoms. The summed E-state index contributed by atoms with van der Waals surface area (Å²) in [7, 11) is 2.07. The molecule has 2 aromatic carbocycles. The second kappa shape index (κ2) is 13.3. The normalized spacial score (nSPS) is 15.2. The molecule has 0 aliphatic carbocycles. The topological polar surface area (TPSA) is 55.9 Å². The Morgan fingerprint density at radius 3 is 2.15 bits per heavy atom. The number of nitrogens with one attached hydrogen (secondary N) is 1. The third-order valence-corrected chi connectivity index (χ3v) is 6.65. The molecule has 33 heavy (non-hydrogen) atoms. The molecule has 7 heteroatoms. The largest absolute Gasteiger partial charge is 0.338 e. The van der Waals surface area contributed by atoms with E-state index in [0.717, 1.165) is 30.8 Å². The Bertz CT molecular complexity index is 857. The summed E-state index contributed by atoms with van der Waals surface area (Å²) >= 11 is 1.72. The average molecular weight is 469 g/mol. The van der Waals surface area contributed by atoms with Gasteiger partial charge in [-0.05, 0) is 30.9 Å². The number of hydrogen-bond acceptors (Lipinski definition) is 4. The van der Waals surface area contributed by atoms with Gasteiger partial charge in [-0.1, -0.05) is 60.7 Å². The van der Waals surface area contributed by atoms with E-state index in [-0.39, 0.29) is 11.9 Å². The summed E-state index contributed by atoms with van der Waals surface area (Å²) < 4.78 is 0. The number of carbonyl (C=O) groups excluding carboxylic acids is 2. The van der Waals surface area contributed by atoms with Crippen LogP contribution in [0.4, 0.5) is 4.79 Å². The van der Waals surface area contributed by atoms with Gasteiger partial charge in [-0.15, -0.1) is 0 Å². The highest BCUT2D eigenvalue weighted by molar-refractivity contribution is 7.98. The van der Waals surface area contributed by atoms with E-state index in [1.54, 1.807) is 11.8 Å². The molecule has 3 amide bonds. The molecular weight excluding hydrogens is 432 g/mol. The monoisotopic (exact) mass is 468 g/mol. The Morgan fingerprint density at radius 1 is 0.939 bits per heavy atom. The van der Waals surface area contributed by atoms with Gasteiger partial charge in [0.1, 0.15) is 6.04 Å². The van der Waals surface area contributed by atoms with Gasteiger partial charge in [-0.2, -0.15) is 11.8 Å². The van der Waals surface area contributed by atoms with Crippen LogP contribution in [0.15, 0.2) is 60.7 Å². The van der Waals surface area contributed by atoms with Crippen molar-refractivity contribution in [3.8, 4) is 0 Å². The van der Waals surface area contributed by atoms with Crippen LogP contribution in [0.3, 0.4) is 0 Å². The van der Waals surface area contributed by atoms with Crippen molar-refractivity contribution in [2.24, 2.45) is 0 Å². The second-order valence-electron chi connectivity index (χ2n) is 8.54. The van der Waals surface area contributed by atoms with Crippen molar-refractivity contribution in [3.05, 3.63) is 71.8 Å². The van der Waals surface area contributed by atoms with Crippen molar-refractivity contribution >= 4 is 23.7 Å². The van der Waals surface area contributed by atoms with Gasteiger partial charge in [-0.3, -0.25) is 4.79 Å². The fourth-order valence-corrected chi connectivity index (χ4v) is 4.37. The molecule has 1 N–H and O–H groups in total. The molecule has 1 saturated heterocycles. The van der Waals surface area contributed by atoms with E-state index in [0.29, 0.717) is 32.6 Å². The van der Waals surface area contributed by atoms with Gasteiger partial charge >= 0.3 is 6.03 Å². The molecule has 2 aromatic rings. The van der Waals surface area contributed by atoms with E-state index in [2.05, 4.69) is 29.4 Å². The Labute approximate surface area is 202 Å². The first-order valence-corrected chi connectivity index (χ1v) is 13.1. The summed E-state index contributed by atoms with van der Waals surface area (Å²) in [6.07, 6.45) is 3.33. The molecule has 0 unspecified atom stereocenters. The van der Waals surface area contributed by atoms with Crippen LogP contribution < -0.4 is 5.32 Å². The Morgan fingerprint density at radius 2 is 1.55 bits per heavy atom. The fourth-order valence-electron chi connectivity index (χ4n) is 3.96. The first-order chi connectivity index (χ1) is 16.1. The SMILES string of the molecule is CSCCN(CCc1ccccc1)C(=O)N[C@@H](Cc1ccccc1)C(=O)N1CCN(C)CC1. The zero-order valence-corrected chi connectivity index (χ0v) is 20.6. The number of thioether (sulfide) groups is 1. The molecule has 1 aliphatic rings. The molecule has 1 aliphatic heterocycles. The van der Waals surface area contributed by atoms with Crippen molar-refractivity contribution in [3.63, 3.8) is 0 Å². The third-order valence-electron chi connectivity index (χ3n) is 6.06. The minimum absolute atomic E-state index is 0.00757. The lowest BCUT2D eigenvalue weighted by Crippen LogP contribution is -2.57. The standard InChI is InChI=1S/C26H36N4O2S/c1-28-15-17-29(18-16-28)25(31)24(21-23-11-7-4-8-12-23)27-26(32)30(19-20-33-2)14-13-22-9-5-3-6-10-22/h3-12,24H,13-21H2,1-2H3,(H,27,32)/t24-/m0/s1. The molecule has 0 radical (unpaired) electrons. The molecule has 1 fully saturated rings. The molecule has 0 spiro atoms. The maximum atomic E-state index is 13.4. The minimum atomic E-state index is -0.572. The van der Waals surface area contributed by atoms with Crippen LogP contribution in [0.1, 0.15) is 11.1 Å². The number of urea groups is 1. The summed E-state index contributed by atoms with van der Waals surface area (Å²) in [6, 6.07) is 19.4. The fraction of sp³-hybridized carbons (Fsp3) is 0.462. The number of carbonyl (C=O) groups is 2. The zero-order valence-electron chi connectivity index (χ0n) is 19.8. The van der Waals surface area contributed by atoms with Crippen LogP contribution in [0.2, 0.25) is 0 Å². The smallest absolute Gasteiger partial charge is 0.318 e. The number of hydrogen-bond donors (Lipinski definition) is 1. The van der Waals surface area contributed by atoms with Gasteiger partial charge in [0, 0.05) is 51.4 Å². The first kappa shape index (κ1) is 25.1. The molecule has 1 atom stereocenters. The number of rotatable bonds is 10. The highest BCUT2D eigenvalue weighted by atomic mass is 32.2. The van der Waals surface area contributed by atoms with Crippen LogP contribution in [0.25, 0.3) is 0 Å². The average Bonchev–Trinajstić information content (AvgIpc) is 2.85. The van der Waals surface area contributed by atoms with Gasteiger partial charge in [0.05, 0.1) is 0 Å². The Hall–Kier alpha value is -2.51. The van der Waals surface area contributed by atoms with E-state index in [1.807, 2.05) is 64.6 Å². The zero-order chi connectivity index (χ0) is 23.5. The molecule has 178 valence electrons. The minimum Gasteiger partial charge on any atom is -0.338 e. The summed E-state index contributed by atoms with van der Waals surface area (Å²) in [5.74, 6) is 0.867. The molecule has 1 heterocycles. The predicted octanol–water partition coefficient (Wildman–Crippen LogP) is 2.99. The van der Waals surface area contributed by atoms with Crippen LogP contribution in [0.5, 0.6) is 0 Å². The first-order valence-electron chi connectivity index (χ1n) is 11.7. The summed E-state index contributed by atoms with van der Waals surface area (Å²) in [5, 5.41) is 3.09. The predicted molar refractivity (Wildman–Crippen MR) is 137 cm³/mol. The van der Waals surface area contributed by atoms with Crippen molar-refractivity contribution in [2.45, 2.75) is 18.9 Å². The summed E-state index contributed by atoms with van der Waals surface area (Å²) in [5.41, 5.74) is 2.25. The number of likely N-dealkylation sites (N-methyl/N-ethyl adjacent to an activating group) is 1. The van der Waals surface area contributed by atoms with Crippen LogP contribution in [0, 0.1) is 0 Å². The molecule has 0 saturated carbocycles. The van der Waals surface area contributed by atoms with Gasteiger partial charge in [0.15, 0.2) is 0 Å². The molecule has 0 aromatic heterocycles. The van der Waals surface area contributed by atoms with Gasteiger partial charge in [0.2, 0.25) is 5.91 Å². The number of benzene rings is 2.